The predicted octanol–water partition coefficient (Wildman–Crippen LogP) is 0.953. The Morgan fingerprint density at radius 1 is 1.00 bits per heavy atom. The van der Waals surface area contributed by atoms with Gasteiger partial charge in [-0.3, -0.25) is 14.4 Å². The molecule has 1 aromatic carbocycles. The van der Waals surface area contributed by atoms with Crippen LogP contribution in [0.25, 0.3) is 0 Å². The van der Waals surface area contributed by atoms with Crippen LogP contribution in [0.15, 0.2) is 24.3 Å². The van der Waals surface area contributed by atoms with Crippen LogP contribution in [0, 0.1) is 0 Å². The molecule has 3 amide bonds. The summed E-state index contributed by atoms with van der Waals surface area (Å²) in [6, 6.07) is 7.73. The van der Waals surface area contributed by atoms with E-state index < -0.39 is 0 Å². The first-order valence-corrected chi connectivity index (χ1v) is 10.6. The van der Waals surface area contributed by atoms with E-state index in [0.717, 1.165) is 37.2 Å². The van der Waals surface area contributed by atoms with Gasteiger partial charge in [0.05, 0.1) is 6.54 Å². The van der Waals surface area contributed by atoms with Gasteiger partial charge in [-0.1, -0.05) is 18.2 Å². The Morgan fingerprint density at radius 2 is 1.80 bits per heavy atom. The lowest BCUT2D eigenvalue weighted by Gasteiger charge is -2.29. The molecule has 2 aliphatic rings. The Morgan fingerprint density at radius 3 is 2.53 bits per heavy atom. The highest BCUT2D eigenvalue weighted by molar-refractivity contribution is 5.95. The number of hydrogen-bond acceptors (Lipinski definition) is 5. The van der Waals surface area contributed by atoms with Gasteiger partial charge in [0.2, 0.25) is 11.8 Å². The molecular formula is C22H32N4O4. The van der Waals surface area contributed by atoms with Crippen molar-refractivity contribution in [2.45, 2.75) is 25.8 Å². The molecule has 1 fully saturated rings. The lowest BCUT2D eigenvalue weighted by atomic mass is 10.1. The normalized spacial score (nSPS) is 18.9. The quantitative estimate of drug-likeness (QED) is 0.731. The van der Waals surface area contributed by atoms with E-state index in [-0.39, 0.29) is 30.9 Å². The molecule has 0 unspecified atom stereocenters. The molecule has 0 bridgehead atoms. The van der Waals surface area contributed by atoms with Crippen LogP contribution in [0.3, 0.4) is 0 Å². The predicted molar refractivity (Wildman–Crippen MR) is 114 cm³/mol. The van der Waals surface area contributed by atoms with Gasteiger partial charge in [0, 0.05) is 51.9 Å². The molecule has 0 radical (unpaired) electrons. The highest BCUT2D eigenvalue weighted by Gasteiger charge is 2.27. The SMILES string of the molecule is COCC(=O)N1CCCN(C)CCN(C(=O)CN2CCCC2=O)Cc2ccccc21. The fraction of sp³-hybridized carbons (Fsp3) is 0.591. The molecule has 0 aromatic heterocycles. The van der Waals surface area contributed by atoms with Gasteiger partial charge >= 0.3 is 0 Å². The van der Waals surface area contributed by atoms with Gasteiger partial charge in [0.15, 0.2) is 0 Å². The zero-order valence-corrected chi connectivity index (χ0v) is 18.0. The minimum atomic E-state index is -0.0904. The summed E-state index contributed by atoms with van der Waals surface area (Å²) in [6.07, 6.45) is 2.17. The Bertz CT molecular complexity index is 769. The standard InChI is InChI=1S/C22H32N4O4/c1-23-10-6-12-26(22(29)17-30-2)19-8-4-3-7-18(19)15-25(14-13-23)21(28)16-24-11-5-9-20(24)27/h3-4,7-8H,5-6,9-17H2,1-2H3. The van der Waals surface area contributed by atoms with E-state index in [2.05, 4.69) is 4.90 Å². The molecule has 3 rings (SSSR count). The molecule has 1 aromatic rings. The minimum absolute atomic E-state index is 0.0177. The van der Waals surface area contributed by atoms with Gasteiger partial charge in [-0.2, -0.15) is 0 Å². The van der Waals surface area contributed by atoms with Crippen molar-refractivity contribution in [3.05, 3.63) is 29.8 Å². The van der Waals surface area contributed by atoms with Crippen LogP contribution in [0.5, 0.6) is 0 Å². The first-order chi connectivity index (χ1) is 14.5. The number of fused-ring (bicyclic) bond motifs is 1. The smallest absolute Gasteiger partial charge is 0.252 e. The monoisotopic (exact) mass is 416 g/mol. The molecule has 0 spiro atoms. The van der Waals surface area contributed by atoms with Crippen molar-refractivity contribution >= 4 is 23.4 Å². The summed E-state index contributed by atoms with van der Waals surface area (Å²) in [7, 11) is 3.54. The summed E-state index contributed by atoms with van der Waals surface area (Å²) < 4.78 is 5.09. The molecule has 8 nitrogen and oxygen atoms in total. The highest BCUT2D eigenvalue weighted by atomic mass is 16.5. The number of methoxy groups -OCH3 is 1. The van der Waals surface area contributed by atoms with E-state index in [9.17, 15) is 14.4 Å². The fourth-order valence-electron chi connectivity index (χ4n) is 4.02. The van der Waals surface area contributed by atoms with Crippen LogP contribution in [-0.2, 0) is 25.7 Å². The molecule has 2 aliphatic heterocycles. The molecular weight excluding hydrogens is 384 g/mol. The first-order valence-electron chi connectivity index (χ1n) is 10.6. The topological polar surface area (TPSA) is 73.4 Å². The Kier molecular flexibility index (Phi) is 7.81. The average Bonchev–Trinajstić information content (AvgIpc) is 3.11. The summed E-state index contributed by atoms with van der Waals surface area (Å²) in [5, 5.41) is 0. The van der Waals surface area contributed by atoms with Crippen LogP contribution in [-0.4, -0.2) is 92.5 Å². The Balaban J connectivity index is 1.86. The molecule has 0 N–H and O–H groups in total. The summed E-state index contributed by atoms with van der Waals surface area (Å²) in [5.41, 5.74) is 1.74. The number of hydrogen-bond donors (Lipinski definition) is 0. The zero-order chi connectivity index (χ0) is 21.5. The molecule has 0 aliphatic carbocycles. The number of likely N-dealkylation sites (tertiary alicyclic amines) is 1. The second-order valence-corrected chi connectivity index (χ2v) is 8.00. The minimum Gasteiger partial charge on any atom is -0.375 e. The third-order valence-corrected chi connectivity index (χ3v) is 5.74. The number of carbonyl (C=O) groups excluding carboxylic acids is 3. The molecule has 8 heteroatoms. The number of para-hydroxylation sites is 1. The summed E-state index contributed by atoms with van der Waals surface area (Å²) in [6.45, 7) is 3.94. The van der Waals surface area contributed by atoms with Crippen LogP contribution in [0.2, 0.25) is 0 Å². The van der Waals surface area contributed by atoms with Gasteiger partial charge in [0.25, 0.3) is 5.91 Å². The second kappa shape index (κ2) is 10.5. The number of nitrogens with zero attached hydrogens (tertiary/aromatic N) is 4. The van der Waals surface area contributed by atoms with Crippen molar-refractivity contribution in [1.82, 2.24) is 14.7 Å². The van der Waals surface area contributed by atoms with Gasteiger partial charge in [-0.25, -0.2) is 0 Å². The maximum atomic E-state index is 13.1. The Hall–Kier alpha value is -2.45. The molecule has 0 atom stereocenters. The van der Waals surface area contributed by atoms with Crippen molar-refractivity contribution in [3.63, 3.8) is 0 Å². The van der Waals surface area contributed by atoms with E-state index in [1.165, 1.54) is 7.11 Å². The number of amides is 3. The van der Waals surface area contributed by atoms with Gasteiger partial charge < -0.3 is 24.3 Å². The van der Waals surface area contributed by atoms with Crippen molar-refractivity contribution in [1.29, 1.82) is 0 Å². The molecule has 2 heterocycles. The number of rotatable bonds is 4. The van der Waals surface area contributed by atoms with E-state index in [4.69, 9.17) is 4.74 Å². The van der Waals surface area contributed by atoms with Crippen molar-refractivity contribution in [3.8, 4) is 0 Å². The van der Waals surface area contributed by atoms with Crippen LogP contribution < -0.4 is 4.90 Å². The number of likely N-dealkylation sites (N-methyl/N-ethyl adjacent to an activating group) is 1. The number of benzene rings is 1. The molecule has 164 valence electrons. The average molecular weight is 417 g/mol. The zero-order valence-electron chi connectivity index (χ0n) is 18.0. The second-order valence-electron chi connectivity index (χ2n) is 8.00. The lowest BCUT2D eigenvalue weighted by molar-refractivity contribution is -0.138. The van der Waals surface area contributed by atoms with Gasteiger partial charge in [0.1, 0.15) is 6.61 Å². The van der Waals surface area contributed by atoms with E-state index >= 15 is 0 Å². The van der Waals surface area contributed by atoms with Crippen LogP contribution in [0.4, 0.5) is 5.69 Å². The summed E-state index contributed by atoms with van der Waals surface area (Å²) >= 11 is 0. The van der Waals surface area contributed by atoms with Crippen LogP contribution >= 0.6 is 0 Å². The largest absolute Gasteiger partial charge is 0.375 e. The Labute approximate surface area is 178 Å². The molecule has 0 saturated carbocycles. The summed E-state index contributed by atoms with van der Waals surface area (Å²) in [5.74, 6) is -0.0927. The van der Waals surface area contributed by atoms with E-state index in [1.807, 2.05) is 36.2 Å². The van der Waals surface area contributed by atoms with E-state index in [1.54, 1.807) is 9.80 Å². The maximum absolute atomic E-state index is 13.1. The maximum Gasteiger partial charge on any atom is 0.252 e. The van der Waals surface area contributed by atoms with Crippen molar-refractivity contribution in [2.75, 3.05) is 64.9 Å². The molecule has 30 heavy (non-hydrogen) atoms. The van der Waals surface area contributed by atoms with Crippen molar-refractivity contribution < 1.29 is 19.1 Å². The van der Waals surface area contributed by atoms with Gasteiger partial charge in [-0.15, -0.1) is 0 Å². The highest BCUT2D eigenvalue weighted by Crippen LogP contribution is 2.24. The fourth-order valence-corrected chi connectivity index (χ4v) is 4.02. The lowest BCUT2D eigenvalue weighted by Crippen LogP contribution is -2.43. The third-order valence-electron chi connectivity index (χ3n) is 5.74. The number of ether oxygens (including phenoxy) is 1. The summed E-state index contributed by atoms with van der Waals surface area (Å²) in [4.78, 5) is 45.2. The number of carbonyl (C=O) groups is 3. The van der Waals surface area contributed by atoms with Crippen LogP contribution in [0.1, 0.15) is 24.8 Å². The van der Waals surface area contributed by atoms with E-state index in [0.29, 0.717) is 32.6 Å². The van der Waals surface area contributed by atoms with Gasteiger partial charge in [-0.05, 0) is 38.1 Å². The third kappa shape index (κ3) is 5.58. The molecule has 1 saturated heterocycles. The first kappa shape index (κ1) is 22.2. The van der Waals surface area contributed by atoms with Crippen molar-refractivity contribution in [2.24, 2.45) is 0 Å². The number of anilines is 1.